The molecule has 0 spiro atoms. The van der Waals surface area contributed by atoms with Crippen molar-refractivity contribution in [1.82, 2.24) is 15.8 Å². The normalized spacial score (nSPS) is 13.3. The summed E-state index contributed by atoms with van der Waals surface area (Å²) in [5.41, 5.74) is 8.20. The molecule has 0 saturated carbocycles. The largest absolute Gasteiger partial charge is 0.285 e. The van der Waals surface area contributed by atoms with Crippen LogP contribution in [0.1, 0.15) is 23.2 Å². The van der Waals surface area contributed by atoms with Gasteiger partial charge in [0.2, 0.25) is 5.91 Å². The summed E-state index contributed by atoms with van der Waals surface area (Å²) in [5.74, 6) is -1.26. The third-order valence-corrected chi connectivity index (χ3v) is 5.62. The predicted molar refractivity (Wildman–Crippen MR) is 133 cm³/mol. The van der Waals surface area contributed by atoms with Crippen LogP contribution in [-0.4, -0.2) is 28.4 Å². The van der Waals surface area contributed by atoms with Gasteiger partial charge in [-0.15, -0.1) is 0 Å². The summed E-state index contributed by atoms with van der Waals surface area (Å²) in [4.78, 5) is 42.8. The third kappa shape index (κ3) is 4.63. The molecule has 8 nitrogen and oxygen atoms in total. The van der Waals surface area contributed by atoms with Crippen LogP contribution in [0.5, 0.6) is 0 Å². The van der Waals surface area contributed by atoms with Crippen LogP contribution in [-0.2, 0) is 9.59 Å². The number of nitrogens with zero attached hydrogens (tertiary/aromatic N) is 3. The predicted octanol–water partition coefficient (Wildman–Crippen LogP) is 3.85. The zero-order chi connectivity index (χ0) is 24.2. The molecular weight excluding hydrogens is 442 g/mol. The van der Waals surface area contributed by atoms with Gasteiger partial charge in [0, 0.05) is 23.8 Å². The van der Waals surface area contributed by atoms with Crippen molar-refractivity contribution < 1.29 is 14.4 Å². The van der Waals surface area contributed by atoms with E-state index >= 15 is 0 Å². The molecule has 35 heavy (non-hydrogen) atoms. The Morgan fingerprint density at radius 2 is 1.43 bits per heavy atom. The Kier molecular flexibility index (Phi) is 6.00. The van der Waals surface area contributed by atoms with Crippen molar-refractivity contribution >= 4 is 40.0 Å². The van der Waals surface area contributed by atoms with Crippen LogP contribution in [0.25, 0.3) is 22.2 Å². The summed E-state index contributed by atoms with van der Waals surface area (Å²) in [5, 5.41) is 6.09. The number of fused-ring (bicyclic) bond motifs is 1. The van der Waals surface area contributed by atoms with Gasteiger partial charge in [-0.3, -0.25) is 25.2 Å². The molecule has 2 heterocycles. The smallest absolute Gasteiger partial charge is 0.273 e. The number of carbonyl (C=O) groups is 3. The Labute approximate surface area is 201 Å². The molecule has 0 bridgehead atoms. The number of anilines is 1. The lowest BCUT2D eigenvalue weighted by Gasteiger charge is -2.23. The van der Waals surface area contributed by atoms with Gasteiger partial charge in [0.05, 0.1) is 22.5 Å². The quantitative estimate of drug-likeness (QED) is 0.449. The minimum Gasteiger partial charge on any atom is -0.273 e. The second-order valence-corrected chi connectivity index (χ2v) is 7.93. The van der Waals surface area contributed by atoms with Crippen LogP contribution in [0, 0.1) is 0 Å². The lowest BCUT2D eigenvalue weighted by Crippen LogP contribution is -2.47. The number of hydrazone groups is 1. The number of hydrogen-bond donors (Lipinski definition) is 2. The van der Waals surface area contributed by atoms with Crippen LogP contribution in [0.4, 0.5) is 5.69 Å². The molecule has 172 valence electrons. The van der Waals surface area contributed by atoms with Crippen molar-refractivity contribution in [2.24, 2.45) is 5.10 Å². The van der Waals surface area contributed by atoms with Crippen LogP contribution < -0.4 is 15.9 Å². The minimum atomic E-state index is -0.576. The van der Waals surface area contributed by atoms with Crippen LogP contribution in [0.3, 0.4) is 0 Å². The van der Waals surface area contributed by atoms with E-state index in [0.29, 0.717) is 27.8 Å². The second kappa shape index (κ2) is 9.56. The fraction of sp³-hybridized carbons (Fsp3) is 0.0741. The summed E-state index contributed by atoms with van der Waals surface area (Å²) in [6, 6.07) is 27.5. The summed E-state index contributed by atoms with van der Waals surface area (Å²) < 4.78 is 0. The van der Waals surface area contributed by atoms with Gasteiger partial charge in [-0.25, -0.2) is 9.99 Å². The molecule has 1 aliphatic rings. The van der Waals surface area contributed by atoms with E-state index in [9.17, 15) is 14.4 Å². The Balaban J connectivity index is 1.37. The lowest BCUT2D eigenvalue weighted by atomic mass is 10.0. The van der Waals surface area contributed by atoms with Crippen molar-refractivity contribution in [1.29, 1.82) is 0 Å². The van der Waals surface area contributed by atoms with Gasteiger partial charge in [-0.2, -0.15) is 5.10 Å². The van der Waals surface area contributed by atoms with Crippen molar-refractivity contribution in [3.05, 3.63) is 96.6 Å². The fourth-order valence-corrected chi connectivity index (χ4v) is 3.86. The lowest BCUT2D eigenvalue weighted by molar-refractivity contribution is -0.119. The van der Waals surface area contributed by atoms with Crippen LogP contribution >= 0.6 is 0 Å². The Hall–Kier alpha value is -4.85. The van der Waals surface area contributed by atoms with Crippen LogP contribution in [0.15, 0.2) is 96.1 Å². The number of hydrazine groups is 1. The monoisotopic (exact) mass is 463 g/mol. The second-order valence-electron chi connectivity index (χ2n) is 7.93. The van der Waals surface area contributed by atoms with Crippen molar-refractivity contribution in [2.75, 3.05) is 5.01 Å². The van der Waals surface area contributed by atoms with E-state index in [1.54, 1.807) is 30.3 Å². The molecule has 1 aliphatic heterocycles. The highest BCUT2D eigenvalue weighted by atomic mass is 16.2. The topological polar surface area (TPSA) is 104 Å². The van der Waals surface area contributed by atoms with Gasteiger partial charge in [0.15, 0.2) is 0 Å². The van der Waals surface area contributed by atoms with E-state index in [0.717, 1.165) is 5.56 Å². The Bertz CT molecular complexity index is 1450. The molecule has 0 radical (unpaired) electrons. The first-order valence-electron chi connectivity index (χ1n) is 11.1. The summed E-state index contributed by atoms with van der Waals surface area (Å²) in [6.45, 7) is 0. The molecule has 5 rings (SSSR count). The number of pyridine rings is 1. The standard InChI is InChI=1S/C27H21N5O3/c33-25-16-15-23(31-32(25)19-11-5-2-6-12-19)27(35)30-29-26(34)21-17-24(18-9-3-1-4-10-18)28-22-14-8-7-13-20(21)22/h1-14,17H,15-16H2,(H,29,34)(H,30,35). The summed E-state index contributed by atoms with van der Waals surface area (Å²) in [6.07, 6.45) is 0.324. The Morgan fingerprint density at radius 1 is 0.771 bits per heavy atom. The van der Waals surface area contributed by atoms with Gasteiger partial charge in [0.25, 0.3) is 11.8 Å². The van der Waals surface area contributed by atoms with E-state index in [1.165, 1.54) is 5.01 Å². The summed E-state index contributed by atoms with van der Waals surface area (Å²) >= 11 is 0. The average Bonchev–Trinajstić information content (AvgIpc) is 2.92. The molecule has 4 aromatic rings. The number of rotatable bonds is 4. The van der Waals surface area contributed by atoms with Crippen molar-refractivity contribution in [3.63, 3.8) is 0 Å². The van der Waals surface area contributed by atoms with E-state index in [-0.39, 0.29) is 24.5 Å². The molecule has 0 aliphatic carbocycles. The number of hydrogen-bond acceptors (Lipinski definition) is 5. The average molecular weight is 463 g/mol. The van der Waals surface area contributed by atoms with E-state index in [2.05, 4.69) is 20.9 Å². The first-order valence-corrected chi connectivity index (χ1v) is 11.1. The molecule has 8 heteroatoms. The first-order chi connectivity index (χ1) is 17.1. The maximum absolute atomic E-state index is 13.1. The molecule has 2 N–H and O–H groups in total. The number of nitrogens with one attached hydrogen (secondary N) is 2. The van der Waals surface area contributed by atoms with Crippen molar-refractivity contribution in [2.45, 2.75) is 12.8 Å². The minimum absolute atomic E-state index is 0.143. The van der Waals surface area contributed by atoms with E-state index < -0.39 is 11.8 Å². The van der Waals surface area contributed by atoms with Gasteiger partial charge >= 0.3 is 0 Å². The zero-order valence-corrected chi connectivity index (χ0v) is 18.6. The Morgan fingerprint density at radius 3 is 2.20 bits per heavy atom. The maximum atomic E-state index is 13.1. The molecule has 0 unspecified atom stereocenters. The van der Waals surface area contributed by atoms with Gasteiger partial charge in [0.1, 0.15) is 5.71 Å². The van der Waals surface area contributed by atoms with Crippen LogP contribution in [0.2, 0.25) is 0 Å². The van der Waals surface area contributed by atoms with E-state index in [4.69, 9.17) is 0 Å². The molecule has 3 amide bonds. The number of carbonyl (C=O) groups excluding carboxylic acids is 3. The van der Waals surface area contributed by atoms with Crippen molar-refractivity contribution in [3.8, 4) is 11.3 Å². The maximum Gasteiger partial charge on any atom is 0.285 e. The SMILES string of the molecule is O=C(NNC(=O)c1cc(-c2ccccc2)nc2ccccc12)C1=NN(c2ccccc2)C(=O)CC1. The number of benzene rings is 3. The van der Waals surface area contributed by atoms with Gasteiger partial charge in [-0.1, -0.05) is 66.7 Å². The number of para-hydroxylation sites is 2. The molecule has 3 aromatic carbocycles. The number of amides is 3. The molecule has 0 saturated heterocycles. The molecular formula is C27H21N5O3. The zero-order valence-electron chi connectivity index (χ0n) is 18.6. The first kappa shape index (κ1) is 22.0. The third-order valence-electron chi connectivity index (χ3n) is 5.62. The number of aromatic nitrogens is 1. The van der Waals surface area contributed by atoms with E-state index in [1.807, 2.05) is 60.7 Å². The molecule has 1 aromatic heterocycles. The highest BCUT2D eigenvalue weighted by molar-refractivity contribution is 6.40. The fourth-order valence-electron chi connectivity index (χ4n) is 3.86. The highest BCUT2D eigenvalue weighted by Gasteiger charge is 2.26. The molecule has 0 atom stereocenters. The molecule has 0 fully saturated rings. The van der Waals surface area contributed by atoms with Gasteiger partial charge < -0.3 is 0 Å². The summed E-state index contributed by atoms with van der Waals surface area (Å²) in [7, 11) is 0. The van der Waals surface area contributed by atoms with Gasteiger partial charge in [-0.05, 0) is 24.3 Å². The highest BCUT2D eigenvalue weighted by Crippen LogP contribution is 2.25.